The molecule has 0 radical (unpaired) electrons. The molecule has 0 aliphatic carbocycles. The Balaban J connectivity index is 1.38. The predicted molar refractivity (Wildman–Crippen MR) is 95.3 cm³/mol. The topological polar surface area (TPSA) is 96.2 Å². The van der Waals surface area contributed by atoms with Gasteiger partial charge in [0.1, 0.15) is 5.60 Å². The van der Waals surface area contributed by atoms with Crippen LogP contribution in [0.1, 0.15) is 23.2 Å². The molecule has 4 rings (SSSR count). The van der Waals surface area contributed by atoms with Crippen LogP contribution in [0, 0.1) is 0 Å². The zero-order chi connectivity index (χ0) is 19.0. The molecule has 0 N–H and O–H groups in total. The number of hydrogen-bond donors (Lipinski definition) is 0. The van der Waals surface area contributed by atoms with Crippen molar-refractivity contribution >= 4 is 17.6 Å². The van der Waals surface area contributed by atoms with E-state index in [2.05, 4.69) is 15.5 Å². The Hall–Kier alpha value is -2.75. The average Bonchev–Trinajstić information content (AvgIpc) is 3.24. The van der Waals surface area contributed by atoms with E-state index in [-0.39, 0.29) is 12.0 Å². The van der Waals surface area contributed by atoms with E-state index in [4.69, 9.17) is 4.74 Å². The number of amides is 2. The molecule has 2 saturated heterocycles. The summed E-state index contributed by atoms with van der Waals surface area (Å²) in [6.45, 7) is 3.17. The van der Waals surface area contributed by atoms with Crippen LogP contribution in [0.4, 0.5) is 4.79 Å². The van der Waals surface area contributed by atoms with E-state index in [1.54, 1.807) is 28.1 Å². The predicted octanol–water partition coefficient (Wildman–Crippen LogP) is 0.113. The van der Waals surface area contributed by atoms with Crippen LogP contribution in [0.3, 0.4) is 0 Å². The van der Waals surface area contributed by atoms with E-state index in [1.807, 2.05) is 19.0 Å². The number of tetrazole rings is 1. The van der Waals surface area contributed by atoms with Gasteiger partial charge in [0.15, 0.2) is 5.65 Å². The van der Waals surface area contributed by atoms with Gasteiger partial charge in [-0.3, -0.25) is 4.79 Å². The van der Waals surface area contributed by atoms with Gasteiger partial charge in [0.25, 0.3) is 5.91 Å². The number of pyridine rings is 1. The Morgan fingerprint density at radius 1 is 1.33 bits per heavy atom. The molecular weight excluding hydrogens is 350 g/mol. The lowest BCUT2D eigenvalue weighted by Gasteiger charge is -2.37. The maximum Gasteiger partial charge on any atom is 0.410 e. The Kier molecular flexibility index (Phi) is 4.42. The minimum Gasteiger partial charge on any atom is -0.441 e. The molecule has 10 nitrogen and oxygen atoms in total. The molecule has 10 heteroatoms. The van der Waals surface area contributed by atoms with Crippen molar-refractivity contribution in [1.82, 2.24) is 34.7 Å². The number of fused-ring (bicyclic) bond motifs is 1. The van der Waals surface area contributed by atoms with Crippen molar-refractivity contribution in [1.29, 1.82) is 0 Å². The summed E-state index contributed by atoms with van der Waals surface area (Å²) in [5.74, 6) is -0.0517. The lowest BCUT2D eigenvalue weighted by atomic mass is 9.91. The van der Waals surface area contributed by atoms with Crippen molar-refractivity contribution in [3.63, 3.8) is 0 Å². The first kappa shape index (κ1) is 17.7. The zero-order valence-corrected chi connectivity index (χ0v) is 15.5. The Bertz CT molecular complexity index is 857. The van der Waals surface area contributed by atoms with E-state index in [9.17, 15) is 9.59 Å². The van der Waals surface area contributed by atoms with Crippen LogP contribution in [0.5, 0.6) is 0 Å². The minimum absolute atomic E-state index is 0.0517. The fourth-order valence-corrected chi connectivity index (χ4v) is 3.62. The van der Waals surface area contributed by atoms with Gasteiger partial charge in [0.05, 0.1) is 6.54 Å². The van der Waals surface area contributed by atoms with Crippen molar-refractivity contribution in [3.05, 3.63) is 23.9 Å². The lowest BCUT2D eigenvalue weighted by Crippen LogP contribution is -2.49. The molecule has 0 atom stereocenters. The van der Waals surface area contributed by atoms with E-state index >= 15 is 0 Å². The number of likely N-dealkylation sites (N-methyl/N-ethyl adjacent to an activating group) is 1. The molecule has 2 fully saturated rings. The van der Waals surface area contributed by atoms with Crippen LogP contribution in [-0.2, 0) is 4.74 Å². The maximum absolute atomic E-state index is 12.8. The largest absolute Gasteiger partial charge is 0.441 e. The highest BCUT2D eigenvalue weighted by Crippen LogP contribution is 2.33. The summed E-state index contributed by atoms with van der Waals surface area (Å²) in [6.07, 6.45) is 2.73. The third-order valence-corrected chi connectivity index (χ3v) is 5.27. The van der Waals surface area contributed by atoms with Gasteiger partial charge in [-0.05, 0) is 36.7 Å². The molecule has 27 heavy (non-hydrogen) atoms. The number of carbonyl (C=O) groups excluding carboxylic acids is 2. The molecule has 0 bridgehead atoms. The van der Waals surface area contributed by atoms with Gasteiger partial charge in [-0.15, -0.1) is 5.10 Å². The fourth-order valence-electron chi connectivity index (χ4n) is 3.62. The molecule has 0 aromatic carbocycles. The van der Waals surface area contributed by atoms with E-state index in [0.717, 1.165) is 6.54 Å². The van der Waals surface area contributed by atoms with Gasteiger partial charge in [0, 0.05) is 50.8 Å². The summed E-state index contributed by atoms with van der Waals surface area (Å²) >= 11 is 0. The monoisotopic (exact) mass is 373 g/mol. The van der Waals surface area contributed by atoms with Crippen LogP contribution < -0.4 is 0 Å². The molecule has 2 aliphatic rings. The highest BCUT2D eigenvalue weighted by atomic mass is 16.6. The molecular formula is C17H23N7O3. The first-order chi connectivity index (χ1) is 13.0. The average molecular weight is 373 g/mol. The van der Waals surface area contributed by atoms with E-state index in [1.165, 1.54) is 4.52 Å². The second-order valence-corrected chi connectivity index (χ2v) is 7.47. The van der Waals surface area contributed by atoms with Gasteiger partial charge >= 0.3 is 6.09 Å². The smallest absolute Gasteiger partial charge is 0.410 e. The van der Waals surface area contributed by atoms with Crippen LogP contribution in [0.25, 0.3) is 5.65 Å². The maximum atomic E-state index is 12.8. The molecule has 2 aromatic heterocycles. The minimum atomic E-state index is -0.471. The van der Waals surface area contributed by atoms with Crippen molar-refractivity contribution in [3.8, 4) is 0 Å². The first-order valence-corrected chi connectivity index (χ1v) is 9.05. The summed E-state index contributed by atoms with van der Waals surface area (Å²) in [4.78, 5) is 30.6. The molecule has 2 amide bonds. The number of piperidine rings is 1. The van der Waals surface area contributed by atoms with Crippen molar-refractivity contribution in [2.24, 2.45) is 0 Å². The standard InChI is InChI=1S/C17H23N7O3/c1-21(2)9-10-23-12-17(27-16(23)26)4-7-22(8-5-17)15(25)13-3-6-24-14(11-13)18-19-20-24/h3,6,11H,4-5,7-10,12H2,1-2H3. The molecule has 0 unspecified atom stereocenters. The highest BCUT2D eigenvalue weighted by Gasteiger charge is 2.47. The summed E-state index contributed by atoms with van der Waals surface area (Å²) in [6, 6.07) is 3.40. The number of hydrogen-bond acceptors (Lipinski definition) is 7. The fraction of sp³-hybridized carbons (Fsp3) is 0.588. The molecule has 0 saturated carbocycles. The van der Waals surface area contributed by atoms with Gasteiger partial charge in [0.2, 0.25) is 0 Å². The molecule has 2 aliphatic heterocycles. The number of ether oxygens (including phenoxy) is 1. The van der Waals surface area contributed by atoms with Gasteiger partial charge in [-0.2, -0.15) is 0 Å². The van der Waals surface area contributed by atoms with Crippen LogP contribution >= 0.6 is 0 Å². The van der Waals surface area contributed by atoms with Crippen molar-refractivity contribution in [2.45, 2.75) is 18.4 Å². The third kappa shape index (κ3) is 3.44. The van der Waals surface area contributed by atoms with E-state index < -0.39 is 5.60 Å². The third-order valence-electron chi connectivity index (χ3n) is 5.27. The van der Waals surface area contributed by atoms with Crippen molar-refractivity contribution < 1.29 is 14.3 Å². The summed E-state index contributed by atoms with van der Waals surface area (Å²) in [5, 5.41) is 11.3. The number of nitrogens with zero attached hydrogens (tertiary/aromatic N) is 7. The summed E-state index contributed by atoms with van der Waals surface area (Å²) < 4.78 is 7.23. The summed E-state index contributed by atoms with van der Waals surface area (Å²) in [5.41, 5.74) is 0.626. The van der Waals surface area contributed by atoms with E-state index in [0.29, 0.717) is 50.2 Å². The molecule has 4 heterocycles. The Morgan fingerprint density at radius 3 is 2.85 bits per heavy atom. The van der Waals surface area contributed by atoms with Crippen LogP contribution in [0.2, 0.25) is 0 Å². The van der Waals surface area contributed by atoms with Crippen LogP contribution in [-0.4, -0.2) is 99.2 Å². The molecule has 1 spiro atoms. The second kappa shape index (κ2) is 6.76. The van der Waals surface area contributed by atoms with Gasteiger partial charge in [-0.25, -0.2) is 9.31 Å². The quantitative estimate of drug-likeness (QED) is 0.751. The van der Waals surface area contributed by atoms with Crippen molar-refractivity contribution in [2.75, 3.05) is 46.8 Å². The Labute approximate surface area is 156 Å². The van der Waals surface area contributed by atoms with Crippen LogP contribution in [0.15, 0.2) is 18.3 Å². The van der Waals surface area contributed by atoms with Gasteiger partial charge in [-0.1, -0.05) is 0 Å². The normalized spacial score (nSPS) is 19.3. The highest BCUT2D eigenvalue weighted by molar-refractivity contribution is 5.95. The number of rotatable bonds is 4. The zero-order valence-electron chi connectivity index (χ0n) is 15.5. The number of aromatic nitrogens is 4. The number of likely N-dealkylation sites (tertiary alicyclic amines) is 1. The van der Waals surface area contributed by atoms with Gasteiger partial charge < -0.3 is 19.4 Å². The first-order valence-electron chi connectivity index (χ1n) is 9.05. The SMILES string of the molecule is CN(C)CCN1CC2(CCN(C(=O)c3ccn4nnnc4c3)CC2)OC1=O. The molecule has 144 valence electrons. The molecule has 2 aromatic rings. The Morgan fingerprint density at radius 2 is 2.11 bits per heavy atom. The second-order valence-electron chi connectivity index (χ2n) is 7.47. The lowest BCUT2D eigenvalue weighted by molar-refractivity contribution is 0.00313. The number of carbonyl (C=O) groups is 2. The summed E-state index contributed by atoms with van der Waals surface area (Å²) in [7, 11) is 3.96.